The molecule has 0 bridgehead atoms. The summed E-state index contributed by atoms with van der Waals surface area (Å²) in [6.45, 7) is 1.37. The molecule has 2 rings (SSSR count). The Morgan fingerprint density at radius 1 is 1.05 bits per heavy atom. The molecule has 0 saturated heterocycles. The average Bonchev–Trinajstić information content (AvgIpc) is 2.55. The average molecular weight is 292 g/mol. The first kappa shape index (κ1) is 15.4. The van der Waals surface area contributed by atoms with Crippen molar-refractivity contribution in [3.63, 3.8) is 0 Å². The highest BCUT2D eigenvalue weighted by molar-refractivity contribution is 5.77. The minimum Gasteiger partial charge on any atom is -0.497 e. The first-order valence-electron chi connectivity index (χ1n) is 6.78. The smallest absolute Gasteiger partial charge is 0.308 e. The first-order valence-corrected chi connectivity index (χ1v) is 6.78. The molecular formula is C19H16O3. The fraction of sp³-hybridized carbons (Fsp3) is 0.105. The molecule has 0 unspecified atom stereocenters. The normalized spacial score (nSPS) is 10.4. The van der Waals surface area contributed by atoms with Crippen molar-refractivity contribution in [2.45, 2.75) is 6.92 Å². The number of methoxy groups -OCH3 is 1. The third-order valence-corrected chi connectivity index (χ3v) is 2.82. The Kier molecular flexibility index (Phi) is 5.39. The predicted octanol–water partition coefficient (Wildman–Crippen LogP) is 3.65. The van der Waals surface area contributed by atoms with Gasteiger partial charge in [-0.1, -0.05) is 42.2 Å². The zero-order valence-corrected chi connectivity index (χ0v) is 12.5. The molecule has 0 aliphatic rings. The SMILES string of the molecule is COc1ccc(C#C/C=C(\OC(C)=O)c2ccccc2)cc1. The lowest BCUT2D eigenvalue weighted by molar-refractivity contribution is -0.134. The van der Waals surface area contributed by atoms with Crippen molar-refractivity contribution in [1.82, 2.24) is 0 Å². The van der Waals surface area contributed by atoms with E-state index in [1.165, 1.54) is 6.92 Å². The molecule has 0 aliphatic carbocycles. The molecule has 0 aliphatic heterocycles. The van der Waals surface area contributed by atoms with E-state index in [1.54, 1.807) is 13.2 Å². The Labute approximate surface area is 130 Å². The van der Waals surface area contributed by atoms with Crippen LogP contribution in [-0.2, 0) is 9.53 Å². The Morgan fingerprint density at radius 3 is 2.32 bits per heavy atom. The van der Waals surface area contributed by atoms with Crippen LogP contribution in [0.3, 0.4) is 0 Å². The van der Waals surface area contributed by atoms with E-state index in [9.17, 15) is 4.79 Å². The van der Waals surface area contributed by atoms with Crippen LogP contribution >= 0.6 is 0 Å². The molecule has 0 aromatic heterocycles. The highest BCUT2D eigenvalue weighted by atomic mass is 16.5. The fourth-order valence-corrected chi connectivity index (χ4v) is 1.79. The summed E-state index contributed by atoms with van der Waals surface area (Å²) >= 11 is 0. The maximum Gasteiger partial charge on any atom is 0.308 e. The topological polar surface area (TPSA) is 35.5 Å². The summed E-state index contributed by atoms with van der Waals surface area (Å²) in [6, 6.07) is 16.8. The Balaban J connectivity index is 2.23. The van der Waals surface area contributed by atoms with Crippen molar-refractivity contribution in [3.05, 3.63) is 71.8 Å². The highest BCUT2D eigenvalue weighted by Gasteiger charge is 2.04. The molecule has 3 heteroatoms. The van der Waals surface area contributed by atoms with Crippen molar-refractivity contribution in [1.29, 1.82) is 0 Å². The molecule has 0 atom stereocenters. The molecule has 0 spiro atoms. The molecule has 110 valence electrons. The number of carbonyl (C=O) groups excluding carboxylic acids is 1. The van der Waals surface area contributed by atoms with Crippen LogP contribution < -0.4 is 4.74 Å². The van der Waals surface area contributed by atoms with E-state index in [0.717, 1.165) is 16.9 Å². The standard InChI is InChI=1S/C19H16O3/c1-15(20)22-19(17-8-4-3-5-9-17)10-6-7-16-11-13-18(21-2)14-12-16/h3-5,8-14H,1-2H3/b19-10-. The molecule has 0 heterocycles. The van der Waals surface area contributed by atoms with Gasteiger partial charge >= 0.3 is 5.97 Å². The lowest BCUT2D eigenvalue weighted by Crippen LogP contribution is -1.98. The summed E-state index contributed by atoms with van der Waals surface area (Å²) in [4.78, 5) is 11.2. The van der Waals surface area contributed by atoms with Crippen LogP contribution in [0.1, 0.15) is 18.1 Å². The van der Waals surface area contributed by atoms with E-state index in [1.807, 2.05) is 54.6 Å². The van der Waals surface area contributed by atoms with Crippen LogP contribution in [0.4, 0.5) is 0 Å². The number of hydrogen-bond donors (Lipinski definition) is 0. The Morgan fingerprint density at radius 2 is 1.73 bits per heavy atom. The van der Waals surface area contributed by atoms with Gasteiger partial charge in [0, 0.05) is 24.1 Å². The predicted molar refractivity (Wildman–Crippen MR) is 86.1 cm³/mol. The minimum atomic E-state index is -0.374. The van der Waals surface area contributed by atoms with Gasteiger partial charge in [0.15, 0.2) is 0 Å². The van der Waals surface area contributed by atoms with Crippen LogP contribution in [0.2, 0.25) is 0 Å². The highest BCUT2D eigenvalue weighted by Crippen LogP contribution is 2.15. The zero-order chi connectivity index (χ0) is 15.8. The van der Waals surface area contributed by atoms with Crippen LogP contribution in [0.25, 0.3) is 5.76 Å². The number of esters is 1. The summed E-state index contributed by atoms with van der Waals surface area (Å²) in [5, 5.41) is 0. The second-order valence-electron chi connectivity index (χ2n) is 4.47. The largest absolute Gasteiger partial charge is 0.497 e. The third kappa shape index (κ3) is 4.53. The number of ether oxygens (including phenoxy) is 2. The van der Waals surface area contributed by atoms with Gasteiger partial charge in [0.1, 0.15) is 11.5 Å². The van der Waals surface area contributed by atoms with Crippen LogP contribution in [0, 0.1) is 11.8 Å². The van der Waals surface area contributed by atoms with Gasteiger partial charge in [-0.3, -0.25) is 4.79 Å². The maximum absolute atomic E-state index is 11.2. The van der Waals surface area contributed by atoms with Crippen LogP contribution in [0.5, 0.6) is 5.75 Å². The molecule has 0 radical (unpaired) electrons. The minimum absolute atomic E-state index is 0.374. The van der Waals surface area contributed by atoms with E-state index in [4.69, 9.17) is 9.47 Å². The number of carbonyl (C=O) groups is 1. The summed E-state index contributed by atoms with van der Waals surface area (Å²) in [5.74, 6) is 6.76. The molecule has 2 aromatic carbocycles. The molecule has 0 saturated carbocycles. The lowest BCUT2D eigenvalue weighted by atomic mass is 10.1. The second kappa shape index (κ2) is 7.70. The number of rotatable bonds is 3. The summed E-state index contributed by atoms with van der Waals surface area (Å²) < 4.78 is 10.3. The van der Waals surface area contributed by atoms with Crippen molar-refractivity contribution in [2.24, 2.45) is 0 Å². The van der Waals surface area contributed by atoms with Crippen molar-refractivity contribution in [2.75, 3.05) is 7.11 Å². The molecule has 22 heavy (non-hydrogen) atoms. The van der Waals surface area contributed by atoms with Crippen LogP contribution in [0.15, 0.2) is 60.7 Å². The monoisotopic (exact) mass is 292 g/mol. The lowest BCUT2D eigenvalue weighted by Gasteiger charge is -2.05. The summed E-state index contributed by atoms with van der Waals surface area (Å²) in [7, 11) is 1.62. The molecule has 0 amide bonds. The maximum atomic E-state index is 11.2. The van der Waals surface area contributed by atoms with Gasteiger partial charge in [-0.15, -0.1) is 0 Å². The molecule has 3 nitrogen and oxygen atoms in total. The quantitative estimate of drug-likeness (QED) is 0.492. The van der Waals surface area contributed by atoms with Crippen molar-refractivity contribution >= 4 is 11.7 Å². The molecule has 0 fully saturated rings. The van der Waals surface area contributed by atoms with E-state index in [-0.39, 0.29) is 5.97 Å². The second-order valence-corrected chi connectivity index (χ2v) is 4.47. The van der Waals surface area contributed by atoms with Crippen molar-refractivity contribution in [3.8, 4) is 17.6 Å². The van der Waals surface area contributed by atoms with Gasteiger partial charge in [0.2, 0.25) is 0 Å². The van der Waals surface area contributed by atoms with Gasteiger partial charge in [-0.2, -0.15) is 0 Å². The van der Waals surface area contributed by atoms with Gasteiger partial charge in [0.05, 0.1) is 7.11 Å². The van der Waals surface area contributed by atoms with E-state index < -0.39 is 0 Å². The fourth-order valence-electron chi connectivity index (χ4n) is 1.79. The molecule has 2 aromatic rings. The van der Waals surface area contributed by atoms with Crippen molar-refractivity contribution < 1.29 is 14.3 Å². The van der Waals surface area contributed by atoms with E-state index in [0.29, 0.717) is 5.76 Å². The summed E-state index contributed by atoms with van der Waals surface area (Å²) in [5.41, 5.74) is 1.66. The number of allylic oxidation sites excluding steroid dienone is 1. The Bertz CT molecular complexity index is 717. The Hall–Kier alpha value is -2.99. The van der Waals surface area contributed by atoms with E-state index >= 15 is 0 Å². The van der Waals surface area contributed by atoms with Gasteiger partial charge in [-0.05, 0) is 24.3 Å². The number of hydrogen-bond acceptors (Lipinski definition) is 3. The van der Waals surface area contributed by atoms with Gasteiger partial charge in [0.25, 0.3) is 0 Å². The van der Waals surface area contributed by atoms with Gasteiger partial charge < -0.3 is 9.47 Å². The van der Waals surface area contributed by atoms with E-state index in [2.05, 4.69) is 11.8 Å². The zero-order valence-electron chi connectivity index (χ0n) is 12.5. The number of benzene rings is 2. The third-order valence-electron chi connectivity index (χ3n) is 2.82. The summed E-state index contributed by atoms with van der Waals surface area (Å²) in [6.07, 6.45) is 1.60. The molecule has 0 N–H and O–H groups in total. The molecular weight excluding hydrogens is 276 g/mol. The van der Waals surface area contributed by atoms with Gasteiger partial charge in [-0.25, -0.2) is 0 Å². The van der Waals surface area contributed by atoms with Crippen LogP contribution in [-0.4, -0.2) is 13.1 Å². The first-order chi connectivity index (χ1) is 10.7.